The van der Waals surface area contributed by atoms with Crippen LogP contribution in [-0.4, -0.2) is 38.3 Å². The van der Waals surface area contributed by atoms with Crippen molar-refractivity contribution in [3.63, 3.8) is 0 Å². The summed E-state index contributed by atoms with van der Waals surface area (Å²) in [6.45, 7) is 3.24. The molecule has 0 aromatic rings. The zero-order chi connectivity index (χ0) is 11.2. The van der Waals surface area contributed by atoms with E-state index in [4.69, 9.17) is 4.74 Å². The van der Waals surface area contributed by atoms with E-state index < -0.39 is 0 Å². The molecule has 1 saturated carbocycles. The molecule has 0 aromatic carbocycles. The highest BCUT2D eigenvalue weighted by atomic mass is 35.5. The van der Waals surface area contributed by atoms with Crippen LogP contribution in [0.4, 0.5) is 0 Å². The van der Waals surface area contributed by atoms with Gasteiger partial charge < -0.3 is 15.4 Å². The maximum absolute atomic E-state index is 11.5. The lowest BCUT2D eigenvalue weighted by Gasteiger charge is -2.10. The first-order valence-electron chi connectivity index (χ1n) is 6.42. The number of hydrogen-bond donors (Lipinski definition) is 2. The van der Waals surface area contributed by atoms with Crippen molar-refractivity contribution in [3.05, 3.63) is 0 Å². The predicted molar refractivity (Wildman–Crippen MR) is 69.4 cm³/mol. The van der Waals surface area contributed by atoms with E-state index in [0.29, 0.717) is 25.6 Å². The molecule has 0 aromatic heterocycles. The van der Waals surface area contributed by atoms with Crippen molar-refractivity contribution in [1.29, 1.82) is 0 Å². The summed E-state index contributed by atoms with van der Waals surface area (Å²) >= 11 is 0. The highest BCUT2D eigenvalue weighted by Gasteiger charge is 2.21. The summed E-state index contributed by atoms with van der Waals surface area (Å²) in [4.78, 5) is 11.5. The van der Waals surface area contributed by atoms with Gasteiger partial charge in [0.1, 0.15) is 0 Å². The minimum atomic E-state index is 0. The highest BCUT2D eigenvalue weighted by Crippen LogP contribution is 2.28. The molecule has 17 heavy (non-hydrogen) atoms. The van der Waals surface area contributed by atoms with Gasteiger partial charge in [0.25, 0.3) is 0 Å². The molecular formula is C12H23ClN2O2. The van der Waals surface area contributed by atoms with E-state index in [0.717, 1.165) is 25.5 Å². The first kappa shape index (κ1) is 14.7. The summed E-state index contributed by atoms with van der Waals surface area (Å²) in [6, 6.07) is 0.396. The van der Waals surface area contributed by atoms with Gasteiger partial charge in [0.2, 0.25) is 5.91 Å². The normalized spacial score (nSPS) is 23.2. The van der Waals surface area contributed by atoms with Crippen LogP contribution < -0.4 is 10.6 Å². The lowest BCUT2D eigenvalue weighted by molar-refractivity contribution is -0.121. The molecule has 1 heterocycles. The summed E-state index contributed by atoms with van der Waals surface area (Å²) in [5.74, 6) is 0.952. The van der Waals surface area contributed by atoms with Gasteiger partial charge in [-0.05, 0) is 38.1 Å². The number of carbonyl (C=O) groups excluding carboxylic acids is 1. The van der Waals surface area contributed by atoms with Crippen molar-refractivity contribution in [2.75, 3.05) is 26.3 Å². The Bertz CT molecular complexity index is 229. The van der Waals surface area contributed by atoms with Crippen LogP contribution in [0.5, 0.6) is 0 Å². The van der Waals surface area contributed by atoms with Crippen LogP contribution in [0.1, 0.15) is 32.1 Å². The molecule has 1 unspecified atom stereocenters. The quantitative estimate of drug-likeness (QED) is 0.676. The van der Waals surface area contributed by atoms with Crippen molar-refractivity contribution in [1.82, 2.24) is 10.6 Å². The molecule has 4 nitrogen and oxygen atoms in total. The van der Waals surface area contributed by atoms with Gasteiger partial charge in [-0.2, -0.15) is 0 Å². The number of hydrogen-bond acceptors (Lipinski definition) is 3. The Morgan fingerprint density at radius 1 is 1.35 bits per heavy atom. The second-order valence-corrected chi connectivity index (χ2v) is 4.87. The molecule has 0 radical (unpaired) electrons. The zero-order valence-corrected chi connectivity index (χ0v) is 11.1. The minimum Gasteiger partial charge on any atom is -0.379 e. The molecule has 2 aliphatic rings. The predicted octanol–water partition coefficient (Wildman–Crippen LogP) is 1.09. The molecule has 1 atom stereocenters. The zero-order valence-electron chi connectivity index (χ0n) is 10.2. The van der Waals surface area contributed by atoms with Crippen LogP contribution in [0.3, 0.4) is 0 Å². The molecule has 1 amide bonds. The fraction of sp³-hybridized carbons (Fsp3) is 0.917. The maximum atomic E-state index is 11.5. The van der Waals surface area contributed by atoms with Crippen molar-refractivity contribution < 1.29 is 9.53 Å². The van der Waals surface area contributed by atoms with Crippen LogP contribution in [0.25, 0.3) is 0 Å². The summed E-state index contributed by atoms with van der Waals surface area (Å²) in [6.07, 6.45) is 5.58. The number of carbonyl (C=O) groups is 1. The van der Waals surface area contributed by atoms with Gasteiger partial charge in [-0.15, -0.1) is 12.4 Å². The summed E-state index contributed by atoms with van der Waals surface area (Å²) in [5.41, 5.74) is 0. The standard InChI is InChI=1S/C12H22N2O2.ClH/c15-12(8-11-2-1-5-13-11)14-6-7-16-9-10-3-4-10;/h10-11,13H,1-9H2,(H,14,15);1H. The SMILES string of the molecule is Cl.O=C(CC1CCCN1)NCCOCC1CC1. The van der Waals surface area contributed by atoms with E-state index in [1.165, 1.54) is 19.3 Å². The lowest BCUT2D eigenvalue weighted by atomic mass is 10.1. The van der Waals surface area contributed by atoms with Crippen molar-refractivity contribution >= 4 is 18.3 Å². The Morgan fingerprint density at radius 3 is 2.82 bits per heavy atom. The van der Waals surface area contributed by atoms with Gasteiger partial charge in [0, 0.05) is 25.6 Å². The Morgan fingerprint density at radius 2 is 2.18 bits per heavy atom. The second kappa shape index (κ2) is 7.90. The molecule has 1 aliphatic heterocycles. The number of ether oxygens (including phenoxy) is 1. The van der Waals surface area contributed by atoms with Crippen molar-refractivity contribution in [2.45, 2.75) is 38.1 Å². The van der Waals surface area contributed by atoms with Gasteiger partial charge in [-0.25, -0.2) is 0 Å². The monoisotopic (exact) mass is 262 g/mol. The largest absolute Gasteiger partial charge is 0.379 e. The number of amides is 1. The molecule has 2 fully saturated rings. The number of nitrogens with one attached hydrogen (secondary N) is 2. The van der Waals surface area contributed by atoms with Crippen molar-refractivity contribution in [3.8, 4) is 0 Å². The molecule has 2 N–H and O–H groups in total. The Balaban J connectivity index is 0.00000144. The molecular weight excluding hydrogens is 240 g/mol. The molecule has 1 aliphatic carbocycles. The van der Waals surface area contributed by atoms with E-state index in [-0.39, 0.29) is 18.3 Å². The van der Waals surface area contributed by atoms with Crippen molar-refractivity contribution in [2.24, 2.45) is 5.92 Å². The second-order valence-electron chi connectivity index (χ2n) is 4.87. The van der Waals surface area contributed by atoms with E-state index in [2.05, 4.69) is 10.6 Å². The lowest BCUT2D eigenvalue weighted by Crippen LogP contribution is -2.33. The Hall–Kier alpha value is -0.320. The third-order valence-corrected chi connectivity index (χ3v) is 3.21. The Kier molecular flexibility index (Phi) is 6.85. The molecule has 2 rings (SSSR count). The van der Waals surface area contributed by atoms with Crippen LogP contribution in [0, 0.1) is 5.92 Å². The summed E-state index contributed by atoms with van der Waals surface area (Å²) < 4.78 is 5.45. The van der Waals surface area contributed by atoms with Gasteiger partial charge in [0.15, 0.2) is 0 Å². The first-order chi connectivity index (χ1) is 7.84. The number of halogens is 1. The van der Waals surface area contributed by atoms with E-state index >= 15 is 0 Å². The fourth-order valence-electron chi connectivity index (χ4n) is 2.02. The van der Waals surface area contributed by atoms with Crippen LogP contribution in [-0.2, 0) is 9.53 Å². The average Bonchev–Trinajstić information content (AvgIpc) is 2.95. The highest BCUT2D eigenvalue weighted by molar-refractivity contribution is 5.85. The summed E-state index contributed by atoms with van der Waals surface area (Å²) in [7, 11) is 0. The van der Waals surface area contributed by atoms with Crippen LogP contribution in [0.2, 0.25) is 0 Å². The molecule has 5 heteroatoms. The van der Waals surface area contributed by atoms with Gasteiger partial charge in [0.05, 0.1) is 6.61 Å². The van der Waals surface area contributed by atoms with Gasteiger partial charge in [-0.3, -0.25) is 4.79 Å². The van der Waals surface area contributed by atoms with E-state index in [1.54, 1.807) is 0 Å². The third-order valence-electron chi connectivity index (χ3n) is 3.21. The topological polar surface area (TPSA) is 50.4 Å². The smallest absolute Gasteiger partial charge is 0.221 e. The average molecular weight is 263 g/mol. The maximum Gasteiger partial charge on any atom is 0.221 e. The first-order valence-corrected chi connectivity index (χ1v) is 6.42. The fourth-order valence-corrected chi connectivity index (χ4v) is 2.02. The molecule has 0 bridgehead atoms. The molecule has 100 valence electrons. The molecule has 0 spiro atoms. The minimum absolute atomic E-state index is 0. The van der Waals surface area contributed by atoms with Gasteiger partial charge >= 0.3 is 0 Å². The van der Waals surface area contributed by atoms with E-state index in [1.807, 2.05) is 0 Å². The summed E-state index contributed by atoms with van der Waals surface area (Å²) in [5, 5.41) is 6.22. The molecule has 1 saturated heterocycles. The third kappa shape index (κ3) is 6.24. The van der Waals surface area contributed by atoms with Gasteiger partial charge in [-0.1, -0.05) is 0 Å². The van der Waals surface area contributed by atoms with Crippen LogP contribution >= 0.6 is 12.4 Å². The van der Waals surface area contributed by atoms with Crippen LogP contribution in [0.15, 0.2) is 0 Å². The van der Waals surface area contributed by atoms with E-state index in [9.17, 15) is 4.79 Å². The number of rotatable bonds is 7. The Labute approximate surface area is 109 Å².